The van der Waals surface area contributed by atoms with Crippen LogP contribution in [-0.2, 0) is 0 Å². The van der Waals surface area contributed by atoms with E-state index in [0.717, 1.165) is 13.0 Å². The third kappa shape index (κ3) is 2.12. The lowest BCUT2D eigenvalue weighted by Gasteiger charge is -2.24. The second-order valence-electron chi connectivity index (χ2n) is 2.89. The molecule has 0 amide bonds. The first-order valence-corrected chi connectivity index (χ1v) is 3.99. The second kappa shape index (κ2) is 3.62. The summed E-state index contributed by atoms with van der Waals surface area (Å²) in [7, 11) is 2.08. The highest BCUT2D eigenvalue weighted by Crippen LogP contribution is 2.07. The van der Waals surface area contributed by atoms with Gasteiger partial charge in [0.2, 0.25) is 0 Å². The summed E-state index contributed by atoms with van der Waals surface area (Å²) < 4.78 is 0. The van der Waals surface area contributed by atoms with E-state index in [9.17, 15) is 0 Å². The Kier molecular flexibility index (Phi) is 2.76. The predicted octanol–water partition coefficient (Wildman–Crippen LogP) is 1.16. The Balaban J connectivity index is 2.52. The standard InChI is InChI=1S/C8H15N3/c1-4-11(3)8-5-7(2)9-6-10-8/h6,8H,4-5H2,1-3H3. The van der Waals surface area contributed by atoms with Crippen LogP contribution in [0.2, 0.25) is 0 Å². The molecule has 0 N–H and O–H groups in total. The van der Waals surface area contributed by atoms with Crippen LogP contribution in [0.25, 0.3) is 0 Å². The zero-order valence-corrected chi connectivity index (χ0v) is 7.41. The van der Waals surface area contributed by atoms with Crippen molar-refractivity contribution in [3.05, 3.63) is 0 Å². The number of rotatable bonds is 2. The van der Waals surface area contributed by atoms with Crippen LogP contribution in [0, 0.1) is 0 Å². The number of hydrogen-bond donors (Lipinski definition) is 0. The van der Waals surface area contributed by atoms with Gasteiger partial charge in [-0.25, -0.2) is 4.99 Å². The summed E-state index contributed by atoms with van der Waals surface area (Å²) in [5, 5.41) is 0. The van der Waals surface area contributed by atoms with E-state index in [0.29, 0.717) is 6.17 Å². The van der Waals surface area contributed by atoms with E-state index < -0.39 is 0 Å². The average molecular weight is 153 g/mol. The second-order valence-corrected chi connectivity index (χ2v) is 2.89. The molecule has 0 bridgehead atoms. The van der Waals surface area contributed by atoms with Gasteiger partial charge in [-0.15, -0.1) is 0 Å². The summed E-state index contributed by atoms with van der Waals surface area (Å²) in [5.74, 6) is 0. The van der Waals surface area contributed by atoms with Crippen molar-refractivity contribution in [1.29, 1.82) is 0 Å². The van der Waals surface area contributed by atoms with Gasteiger partial charge in [-0.3, -0.25) is 9.89 Å². The summed E-state index contributed by atoms with van der Waals surface area (Å²) in [6, 6.07) is 0. The van der Waals surface area contributed by atoms with E-state index in [-0.39, 0.29) is 0 Å². The van der Waals surface area contributed by atoms with Gasteiger partial charge in [-0.2, -0.15) is 0 Å². The maximum absolute atomic E-state index is 4.26. The third-order valence-corrected chi connectivity index (χ3v) is 2.00. The molecule has 0 spiro atoms. The zero-order valence-electron chi connectivity index (χ0n) is 7.41. The molecule has 0 radical (unpaired) electrons. The molecule has 62 valence electrons. The van der Waals surface area contributed by atoms with Crippen LogP contribution in [-0.4, -0.2) is 36.7 Å². The normalized spacial score (nSPS) is 24.0. The quantitative estimate of drug-likeness (QED) is 0.585. The lowest BCUT2D eigenvalue weighted by molar-refractivity contribution is 0.267. The van der Waals surface area contributed by atoms with Crippen molar-refractivity contribution in [2.24, 2.45) is 9.98 Å². The van der Waals surface area contributed by atoms with Crippen LogP contribution in [0.3, 0.4) is 0 Å². The van der Waals surface area contributed by atoms with Gasteiger partial charge < -0.3 is 0 Å². The third-order valence-electron chi connectivity index (χ3n) is 2.00. The Hall–Kier alpha value is -0.700. The van der Waals surface area contributed by atoms with Gasteiger partial charge in [0.15, 0.2) is 0 Å². The van der Waals surface area contributed by atoms with Crippen LogP contribution in [0.5, 0.6) is 0 Å². The minimum Gasteiger partial charge on any atom is -0.285 e. The first-order valence-electron chi connectivity index (χ1n) is 3.99. The molecule has 0 saturated carbocycles. The minimum absolute atomic E-state index is 0.317. The van der Waals surface area contributed by atoms with Crippen molar-refractivity contribution in [1.82, 2.24) is 4.90 Å². The Morgan fingerprint density at radius 1 is 1.73 bits per heavy atom. The molecule has 11 heavy (non-hydrogen) atoms. The van der Waals surface area contributed by atoms with E-state index in [1.807, 2.05) is 6.92 Å². The van der Waals surface area contributed by atoms with Gasteiger partial charge in [0, 0.05) is 12.1 Å². The van der Waals surface area contributed by atoms with E-state index in [1.54, 1.807) is 6.34 Å². The van der Waals surface area contributed by atoms with Gasteiger partial charge >= 0.3 is 0 Å². The Labute approximate surface area is 67.8 Å². The summed E-state index contributed by atoms with van der Waals surface area (Å²) in [6.45, 7) is 5.22. The fourth-order valence-electron chi connectivity index (χ4n) is 1.06. The van der Waals surface area contributed by atoms with Gasteiger partial charge in [0.05, 0.1) is 0 Å². The smallest absolute Gasteiger partial charge is 0.111 e. The minimum atomic E-state index is 0.317. The maximum atomic E-state index is 4.26. The van der Waals surface area contributed by atoms with E-state index >= 15 is 0 Å². The highest BCUT2D eigenvalue weighted by molar-refractivity contribution is 5.90. The molecule has 0 aromatic heterocycles. The highest BCUT2D eigenvalue weighted by Gasteiger charge is 2.14. The average Bonchev–Trinajstić information content (AvgIpc) is 2.03. The van der Waals surface area contributed by atoms with Gasteiger partial charge in [-0.1, -0.05) is 6.92 Å². The van der Waals surface area contributed by atoms with Crippen molar-refractivity contribution >= 4 is 12.1 Å². The Bertz CT molecular complexity index is 184. The lowest BCUT2D eigenvalue weighted by atomic mass is 10.2. The largest absolute Gasteiger partial charge is 0.285 e. The summed E-state index contributed by atoms with van der Waals surface area (Å²) in [6.07, 6.45) is 2.95. The molecule has 0 aromatic carbocycles. The molecule has 0 saturated heterocycles. The topological polar surface area (TPSA) is 28.0 Å². The summed E-state index contributed by atoms with van der Waals surface area (Å²) in [5.41, 5.74) is 1.17. The summed E-state index contributed by atoms with van der Waals surface area (Å²) >= 11 is 0. The number of aliphatic imine (C=N–C) groups is 2. The molecule has 3 nitrogen and oxygen atoms in total. The first-order chi connectivity index (χ1) is 5.24. The molecular formula is C8H15N3. The van der Waals surface area contributed by atoms with Crippen LogP contribution in [0.1, 0.15) is 20.3 Å². The van der Waals surface area contributed by atoms with Gasteiger partial charge in [0.1, 0.15) is 12.5 Å². The van der Waals surface area contributed by atoms with Crippen molar-refractivity contribution in [2.75, 3.05) is 13.6 Å². The van der Waals surface area contributed by atoms with E-state index in [4.69, 9.17) is 0 Å². The van der Waals surface area contributed by atoms with Crippen LogP contribution in [0.4, 0.5) is 0 Å². The lowest BCUT2D eigenvalue weighted by Crippen LogP contribution is -2.32. The molecule has 0 fully saturated rings. The summed E-state index contributed by atoms with van der Waals surface area (Å²) in [4.78, 5) is 10.6. The molecule has 1 atom stereocenters. The first kappa shape index (κ1) is 8.40. The van der Waals surface area contributed by atoms with Crippen LogP contribution >= 0.6 is 0 Å². The van der Waals surface area contributed by atoms with Crippen molar-refractivity contribution in [2.45, 2.75) is 26.4 Å². The van der Waals surface area contributed by atoms with Gasteiger partial charge in [0.25, 0.3) is 0 Å². The maximum Gasteiger partial charge on any atom is 0.111 e. The monoisotopic (exact) mass is 153 g/mol. The molecule has 0 aliphatic carbocycles. The van der Waals surface area contributed by atoms with Crippen molar-refractivity contribution < 1.29 is 0 Å². The molecule has 1 rings (SSSR count). The molecule has 1 aliphatic heterocycles. The molecular weight excluding hydrogens is 138 g/mol. The van der Waals surface area contributed by atoms with E-state index in [2.05, 4.69) is 28.9 Å². The van der Waals surface area contributed by atoms with Crippen molar-refractivity contribution in [3.63, 3.8) is 0 Å². The molecule has 3 heteroatoms. The fraction of sp³-hybridized carbons (Fsp3) is 0.750. The Morgan fingerprint density at radius 3 is 3.00 bits per heavy atom. The molecule has 1 heterocycles. The van der Waals surface area contributed by atoms with Gasteiger partial charge in [-0.05, 0) is 20.5 Å². The van der Waals surface area contributed by atoms with Crippen LogP contribution in [0.15, 0.2) is 9.98 Å². The molecule has 1 aliphatic rings. The van der Waals surface area contributed by atoms with E-state index in [1.165, 1.54) is 5.71 Å². The highest BCUT2D eigenvalue weighted by atomic mass is 15.2. The number of nitrogens with zero attached hydrogens (tertiary/aromatic N) is 3. The Morgan fingerprint density at radius 2 is 2.45 bits per heavy atom. The predicted molar refractivity (Wildman–Crippen MR) is 48.3 cm³/mol. The van der Waals surface area contributed by atoms with Crippen molar-refractivity contribution in [3.8, 4) is 0 Å². The zero-order chi connectivity index (χ0) is 8.27. The molecule has 0 aromatic rings. The van der Waals surface area contributed by atoms with Crippen LogP contribution < -0.4 is 0 Å². The SMILES string of the molecule is CCN(C)C1CC(C)=NC=N1. The molecule has 1 unspecified atom stereocenters. The fourth-order valence-corrected chi connectivity index (χ4v) is 1.06. The number of hydrogen-bond acceptors (Lipinski definition) is 3.